The Morgan fingerprint density at radius 2 is 1.76 bits per heavy atom. The van der Waals surface area contributed by atoms with Crippen LogP contribution in [0.4, 0.5) is 0 Å². The maximum atomic E-state index is 12.3. The molecule has 0 bridgehead atoms. The molecule has 1 aliphatic rings. The Balaban J connectivity index is 1.64. The van der Waals surface area contributed by atoms with Gasteiger partial charge in [-0.25, -0.2) is 0 Å². The molecule has 0 unspecified atom stereocenters. The van der Waals surface area contributed by atoms with Crippen LogP contribution in [-0.2, 0) is 9.53 Å². The summed E-state index contributed by atoms with van der Waals surface area (Å²) in [6.45, 7) is 6.09. The van der Waals surface area contributed by atoms with Gasteiger partial charge in [0.15, 0.2) is 5.82 Å². The van der Waals surface area contributed by atoms with Crippen molar-refractivity contribution in [2.75, 3.05) is 14.2 Å². The number of methoxy groups -OCH3 is 2. The van der Waals surface area contributed by atoms with Crippen LogP contribution in [0.25, 0.3) is 16.1 Å². The van der Waals surface area contributed by atoms with Crippen molar-refractivity contribution >= 4 is 23.0 Å². The van der Waals surface area contributed by atoms with Crippen molar-refractivity contribution in [3.63, 3.8) is 0 Å². The second-order valence-corrected chi connectivity index (χ2v) is 9.99. The first kappa shape index (κ1) is 24.4. The molecule has 2 aromatic heterocycles. The fraction of sp³-hybridized carbons (Fsp3) is 0.250. The molecule has 0 saturated carbocycles. The van der Waals surface area contributed by atoms with Crippen LogP contribution >= 0.6 is 11.3 Å². The highest BCUT2D eigenvalue weighted by molar-refractivity contribution is 7.15. The Morgan fingerprint density at radius 1 is 1.05 bits per heavy atom. The Morgan fingerprint density at radius 3 is 2.43 bits per heavy atom. The van der Waals surface area contributed by atoms with Gasteiger partial charge < -0.3 is 9.47 Å². The number of hydrogen-bond acceptors (Lipinski definition) is 8. The zero-order valence-corrected chi connectivity index (χ0v) is 22.0. The van der Waals surface area contributed by atoms with Crippen molar-refractivity contribution in [3.8, 4) is 27.9 Å². The molecule has 8 nitrogen and oxygen atoms in total. The number of aliphatic imine (C=N–C) groups is 1. The monoisotopic (exact) mass is 511 g/mol. The number of ether oxygens (including phenoxy) is 2. The summed E-state index contributed by atoms with van der Waals surface area (Å²) >= 11 is 1.67. The molecule has 0 spiro atoms. The molecule has 186 valence electrons. The molecular weight excluding hydrogens is 486 g/mol. The molecule has 3 heterocycles. The lowest BCUT2D eigenvalue weighted by atomic mass is 9.96. The van der Waals surface area contributed by atoms with Crippen molar-refractivity contribution in [1.82, 2.24) is 14.8 Å². The van der Waals surface area contributed by atoms with Crippen LogP contribution < -0.4 is 4.74 Å². The van der Waals surface area contributed by atoms with Gasteiger partial charge in [-0.15, -0.1) is 21.5 Å². The van der Waals surface area contributed by atoms with E-state index in [-0.39, 0.29) is 12.4 Å². The van der Waals surface area contributed by atoms with E-state index in [2.05, 4.69) is 30.1 Å². The zero-order chi connectivity index (χ0) is 26.3. The minimum absolute atomic E-state index is 0.0615. The first-order valence-corrected chi connectivity index (χ1v) is 12.5. The fourth-order valence-electron chi connectivity index (χ4n) is 4.56. The summed E-state index contributed by atoms with van der Waals surface area (Å²) in [6.07, 6.45) is 0.0615. The summed E-state index contributed by atoms with van der Waals surface area (Å²) < 4.78 is 12.3. The fourth-order valence-corrected chi connectivity index (χ4v) is 5.78. The smallest absolute Gasteiger partial charge is 0.308 e. The summed E-state index contributed by atoms with van der Waals surface area (Å²) in [5, 5.41) is 19.2. The summed E-state index contributed by atoms with van der Waals surface area (Å²) in [4.78, 5) is 18.6. The number of benzene rings is 2. The van der Waals surface area contributed by atoms with E-state index in [1.165, 1.54) is 12.0 Å². The van der Waals surface area contributed by atoms with Crippen LogP contribution in [0.15, 0.2) is 47.5 Å². The molecule has 2 aromatic carbocycles. The van der Waals surface area contributed by atoms with E-state index in [9.17, 15) is 10.1 Å². The van der Waals surface area contributed by atoms with Crippen LogP contribution in [0, 0.1) is 32.1 Å². The molecule has 5 rings (SSSR count). The third-order valence-corrected chi connectivity index (χ3v) is 7.83. The maximum absolute atomic E-state index is 12.3. The number of carbonyl (C=O) groups is 1. The Labute approximate surface area is 218 Å². The first-order valence-electron chi connectivity index (χ1n) is 11.7. The Kier molecular flexibility index (Phi) is 6.36. The highest BCUT2D eigenvalue weighted by Gasteiger charge is 2.32. The predicted molar refractivity (Wildman–Crippen MR) is 142 cm³/mol. The molecule has 9 heteroatoms. The minimum atomic E-state index is -0.539. The van der Waals surface area contributed by atoms with Crippen molar-refractivity contribution in [3.05, 3.63) is 81.2 Å². The van der Waals surface area contributed by atoms with Crippen molar-refractivity contribution in [2.45, 2.75) is 33.2 Å². The highest BCUT2D eigenvalue weighted by atomic mass is 32.1. The summed E-state index contributed by atoms with van der Waals surface area (Å²) in [6, 6.07) is 15.3. The summed E-state index contributed by atoms with van der Waals surface area (Å²) in [5.41, 5.74) is 6.24. The molecule has 0 fully saturated rings. The molecule has 1 atom stereocenters. The second-order valence-electron chi connectivity index (χ2n) is 8.78. The van der Waals surface area contributed by atoms with Crippen molar-refractivity contribution < 1.29 is 14.3 Å². The number of esters is 1. The molecule has 0 aliphatic carbocycles. The summed E-state index contributed by atoms with van der Waals surface area (Å²) in [7, 11) is 2.93. The standard InChI is InChI=1S/C28H25N5O3S/c1-15-16(2)37-28-25(15)26(30-22(13-24(34)36-5)27-32-31-17(3)33(27)28)19-8-6-18(7-9-19)20-10-11-23(35-4)21(12-20)14-29/h6-12,22H,13H2,1-5H3/t22-/m0/s1. The normalized spacial score (nSPS) is 14.2. The average molecular weight is 512 g/mol. The molecule has 4 aromatic rings. The first-order chi connectivity index (χ1) is 17.9. The third-order valence-electron chi connectivity index (χ3n) is 6.64. The van der Waals surface area contributed by atoms with Gasteiger partial charge in [-0.3, -0.25) is 14.4 Å². The molecule has 1 aliphatic heterocycles. The Hall–Kier alpha value is -4.29. The summed E-state index contributed by atoms with van der Waals surface area (Å²) in [5.74, 6) is 1.55. The van der Waals surface area contributed by atoms with Gasteiger partial charge in [-0.2, -0.15) is 5.26 Å². The molecular formula is C28H25N5O3S. The lowest BCUT2D eigenvalue weighted by Gasteiger charge is -2.12. The van der Waals surface area contributed by atoms with Gasteiger partial charge in [0.05, 0.1) is 31.9 Å². The van der Waals surface area contributed by atoms with Gasteiger partial charge in [0.25, 0.3) is 0 Å². The van der Waals surface area contributed by atoms with E-state index in [0.717, 1.165) is 44.4 Å². The number of nitrogens with zero attached hydrogens (tertiary/aromatic N) is 5. The number of nitriles is 1. The predicted octanol–water partition coefficient (Wildman–Crippen LogP) is 5.26. The SMILES string of the molecule is COC(=O)C[C@@H]1N=C(c2ccc(-c3ccc(OC)c(C#N)c3)cc2)c2c(sc(C)c2C)-n2c(C)nnc21. The molecule has 0 saturated heterocycles. The highest BCUT2D eigenvalue weighted by Crippen LogP contribution is 2.40. The van der Waals surface area contributed by atoms with E-state index in [4.69, 9.17) is 14.5 Å². The van der Waals surface area contributed by atoms with Gasteiger partial charge in [0.2, 0.25) is 0 Å². The number of thiophene rings is 1. The number of aryl methyl sites for hydroxylation is 2. The van der Waals surface area contributed by atoms with Gasteiger partial charge >= 0.3 is 5.97 Å². The van der Waals surface area contributed by atoms with Crippen LogP contribution in [0.2, 0.25) is 0 Å². The van der Waals surface area contributed by atoms with E-state index < -0.39 is 6.04 Å². The van der Waals surface area contributed by atoms with Gasteiger partial charge in [0.1, 0.15) is 28.7 Å². The van der Waals surface area contributed by atoms with E-state index in [1.807, 2.05) is 47.9 Å². The van der Waals surface area contributed by atoms with E-state index in [0.29, 0.717) is 17.1 Å². The lowest BCUT2D eigenvalue weighted by Crippen LogP contribution is -2.12. The van der Waals surface area contributed by atoms with Crippen LogP contribution in [0.1, 0.15) is 51.2 Å². The molecule has 0 amide bonds. The van der Waals surface area contributed by atoms with E-state index >= 15 is 0 Å². The third kappa shape index (κ3) is 4.19. The van der Waals surface area contributed by atoms with Crippen LogP contribution in [0.5, 0.6) is 5.75 Å². The number of aromatic nitrogens is 3. The quantitative estimate of drug-likeness (QED) is 0.339. The molecule has 0 radical (unpaired) electrons. The van der Waals surface area contributed by atoms with Gasteiger partial charge in [-0.05, 0) is 49.6 Å². The topological polar surface area (TPSA) is 102 Å². The Bertz CT molecular complexity index is 1590. The van der Waals surface area contributed by atoms with Gasteiger partial charge in [0, 0.05) is 16.0 Å². The average Bonchev–Trinajstić information content (AvgIpc) is 3.40. The van der Waals surface area contributed by atoms with Crippen LogP contribution in [-0.4, -0.2) is 40.7 Å². The maximum Gasteiger partial charge on any atom is 0.308 e. The lowest BCUT2D eigenvalue weighted by molar-refractivity contribution is -0.141. The second kappa shape index (κ2) is 9.64. The van der Waals surface area contributed by atoms with Gasteiger partial charge in [-0.1, -0.05) is 30.3 Å². The number of carbonyl (C=O) groups excluding carboxylic acids is 1. The largest absolute Gasteiger partial charge is 0.495 e. The van der Waals surface area contributed by atoms with Crippen LogP contribution in [0.3, 0.4) is 0 Å². The zero-order valence-electron chi connectivity index (χ0n) is 21.2. The van der Waals surface area contributed by atoms with E-state index in [1.54, 1.807) is 24.5 Å². The van der Waals surface area contributed by atoms with Crippen molar-refractivity contribution in [1.29, 1.82) is 5.26 Å². The minimum Gasteiger partial charge on any atom is -0.495 e. The number of fused-ring (bicyclic) bond motifs is 3. The molecule has 37 heavy (non-hydrogen) atoms. The number of rotatable bonds is 5. The molecule has 0 N–H and O–H groups in total. The number of hydrogen-bond donors (Lipinski definition) is 0. The van der Waals surface area contributed by atoms with Crippen molar-refractivity contribution in [2.24, 2.45) is 4.99 Å².